The smallest absolute Gasteiger partial charge is 0.475 e. The fraction of sp³-hybridized carbons (Fsp3) is 0.467. The number of halogens is 3. The van der Waals surface area contributed by atoms with Crippen molar-refractivity contribution >= 4 is 23.2 Å². The summed E-state index contributed by atoms with van der Waals surface area (Å²) >= 11 is 1.61. The van der Waals surface area contributed by atoms with Gasteiger partial charge in [0.05, 0.1) is 24.4 Å². The Balaban J connectivity index is 0.000000412. The van der Waals surface area contributed by atoms with Gasteiger partial charge in [-0.2, -0.15) is 13.2 Å². The molecule has 0 unspecified atom stereocenters. The van der Waals surface area contributed by atoms with E-state index in [4.69, 9.17) is 14.4 Å². The number of hydrogen-bond donors (Lipinski definition) is 2. The van der Waals surface area contributed by atoms with Crippen LogP contribution in [0, 0.1) is 27.7 Å². The van der Waals surface area contributed by atoms with Gasteiger partial charge in [0.2, 0.25) is 5.91 Å². The first-order chi connectivity index (χ1) is 11.9. The van der Waals surface area contributed by atoms with Gasteiger partial charge in [-0.25, -0.2) is 9.78 Å². The quantitative estimate of drug-likeness (QED) is 0.828. The van der Waals surface area contributed by atoms with Gasteiger partial charge in [0.15, 0.2) is 0 Å². The summed E-state index contributed by atoms with van der Waals surface area (Å²) in [6.45, 7) is 8.13. The monoisotopic (exact) mass is 393 g/mol. The SMILES string of the molecule is Cc1nc(CNC(=O)Cc2c(C)noc2C)sc1C.O=C(O)C(F)(F)F. The summed E-state index contributed by atoms with van der Waals surface area (Å²) < 4.78 is 36.8. The Bertz CT molecular complexity index is 745. The summed E-state index contributed by atoms with van der Waals surface area (Å²) in [5, 5.41) is 14.8. The maximum atomic E-state index is 11.9. The molecule has 2 aromatic heterocycles. The van der Waals surface area contributed by atoms with Gasteiger partial charge < -0.3 is 14.9 Å². The summed E-state index contributed by atoms with van der Waals surface area (Å²) in [5.74, 6) is -2.10. The highest BCUT2D eigenvalue weighted by Gasteiger charge is 2.38. The number of aromatic nitrogens is 2. The van der Waals surface area contributed by atoms with E-state index < -0.39 is 12.1 Å². The summed E-state index contributed by atoms with van der Waals surface area (Å²) in [7, 11) is 0. The molecule has 0 saturated heterocycles. The minimum absolute atomic E-state index is 0.0418. The second-order valence-electron chi connectivity index (χ2n) is 5.31. The van der Waals surface area contributed by atoms with Crippen molar-refractivity contribution in [2.45, 2.75) is 46.8 Å². The normalized spacial score (nSPS) is 10.9. The molecule has 0 aliphatic heterocycles. The maximum Gasteiger partial charge on any atom is 0.490 e. The number of nitrogens with one attached hydrogen (secondary N) is 1. The molecular formula is C15H18F3N3O4S. The second kappa shape index (κ2) is 8.79. The van der Waals surface area contributed by atoms with E-state index in [1.165, 1.54) is 4.88 Å². The fourth-order valence-electron chi connectivity index (χ4n) is 1.77. The molecule has 11 heteroatoms. The molecule has 26 heavy (non-hydrogen) atoms. The van der Waals surface area contributed by atoms with Gasteiger partial charge >= 0.3 is 12.1 Å². The van der Waals surface area contributed by atoms with Crippen molar-refractivity contribution in [1.82, 2.24) is 15.5 Å². The highest BCUT2D eigenvalue weighted by molar-refractivity contribution is 7.11. The van der Waals surface area contributed by atoms with E-state index in [-0.39, 0.29) is 5.91 Å². The summed E-state index contributed by atoms with van der Waals surface area (Å²) in [4.78, 5) is 26.3. The molecule has 0 saturated carbocycles. The molecule has 0 spiro atoms. The van der Waals surface area contributed by atoms with E-state index in [1.54, 1.807) is 11.3 Å². The van der Waals surface area contributed by atoms with Crippen LogP contribution < -0.4 is 5.32 Å². The first-order valence-corrected chi connectivity index (χ1v) is 8.15. The van der Waals surface area contributed by atoms with E-state index >= 15 is 0 Å². The molecule has 0 aliphatic carbocycles. The molecule has 1 amide bonds. The molecule has 2 heterocycles. The maximum absolute atomic E-state index is 11.9. The highest BCUT2D eigenvalue weighted by Crippen LogP contribution is 2.16. The van der Waals surface area contributed by atoms with Crippen LogP contribution in [0.25, 0.3) is 0 Å². The molecule has 7 nitrogen and oxygen atoms in total. The zero-order valence-corrected chi connectivity index (χ0v) is 15.3. The van der Waals surface area contributed by atoms with Gasteiger partial charge in [-0.05, 0) is 27.7 Å². The first-order valence-electron chi connectivity index (χ1n) is 7.33. The van der Waals surface area contributed by atoms with Crippen LogP contribution >= 0.6 is 11.3 Å². The summed E-state index contributed by atoms with van der Waals surface area (Å²) in [5.41, 5.74) is 2.66. The number of carboxylic acid groups (broad SMARTS) is 1. The molecule has 2 rings (SSSR count). The number of carbonyl (C=O) groups excluding carboxylic acids is 1. The predicted molar refractivity (Wildman–Crippen MR) is 86.8 cm³/mol. The lowest BCUT2D eigenvalue weighted by Crippen LogP contribution is -2.24. The van der Waals surface area contributed by atoms with E-state index in [0.717, 1.165) is 22.0 Å². The number of aliphatic carboxylic acids is 1. The van der Waals surface area contributed by atoms with Gasteiger partial charge in [-0.15, -0.1) is 11.3 Å². The standard InChI is InChI=1S/C13H17N3O2S.C2HF3O2/c1-7-10(4)19-13(15-7)6-14-12(17)5-11-8(2)16-18-9(11)3;3-2(4,5)1(6)7/h5-6H2,1-4H3,(H,14,17);(H,6,7). The number of aryl methyl sites for hydroxylation is 4. The van der Waals surface area contributed by atoms with Crippen LogP contribution in [-0.4, -0.2) is 33.3 Å². The van der Waals surface area contributed by atoms with Crippen LogP contribution in [0.5, 0.6) is 0 Å². The average Bonchev–Trinajstić information content (AvgIpc) is 3.01. The zero-order valence-electron chi connectivity index (χ0n) is 14.5. The zero-order chi connectivity index (χ0) is 20.1. The van der Waals surface area contributed by atoms with Crippen LogP contribution in [0.4, 0.5) is 13.2 Å². The van der Waals surface area contributed by atoms with Gasteiger partial charge in [-0.1, -0.05) is 5.16 Å². The molecule has 2 N–H and O–H groups in total. The third kappa shape index (κ3) is 6.47. The van der Waals surface area contributed by atoms with Crippen LogP contribution in [-0.2, 0) is 22.6 Å². The predicted octanol–water partition coefficient (Wildman–Crippen LogP) is 2.86. The Morgan fingerprint density at radius 2 is 1.77 bits per heavy atom. The lowest BCUT2D eigenvalue weighted by Gasteiger charge is -2.02. The molecule has 0 atom stereocenters. The molecule has 0 fully saturated rings. The van der Waals surface area contributed by atoms with Gasteiger partial charge in [0.1, 0.15) is 10.8 Å². The van der Waals surface area contributed by atoms with Gasteiger partial charge in [0.25, 0.3) is 0 Å². The molecule has 0 bridgehead atoms. The number of hydrogen-bond acceptors (Lipinski definition) is 6. The highest BCUT2D eigenvalue weighted by atomic mass is 32.1. The Kier molecular flexibility index (Phi) is 7.30. The number of thiazole rings is 1. The first kappa shape index (κ1) is 21.6. The van der Waals surface area contributed by atoms with Crippen molar-refractivity contribution in [3.8, 4) is 0 Å². The van der Waals surface area contributed by atoms with Crippen molar-refractivity contribution in [1.29, 1.82) is 0 Å². The Hall–Kier alpha value is -2.43. The van der Waals surface area contributed by atoms with Crippen LogP contribution in [0.2, 0.25) is 0 Å². The van der Waals surface area contributed by atoms with Crippen LogP contribution in [0.1, 0.15) is 32.6 Å². The van der Waals surface area contributed by atoms with Crippen molar-refractivity contribution in [2.24, 2.45) is 0 Å². The number of amides is 1. The Labute approximate surface area is 151 Å². The lowest BCUT2D eigenvalue weighted by molar-refractivity contribution is -0.192. The largest absolute Gasteiger partial charge is 0.490 e. The molecule has 0 radical (unpaired) electrons. The number of carbonyl (C=O) groups is 2. The van der Waals surface area contributed by atoms with E-state index in [9.17, 15) is 18.0 Å². The molecule has 0 aliphatic rings. The minimum Gasteiger partial charge on any atom is -0.475 e. The van der Waals surface area contributed by atoms with Crippen molar-refractivity contribution in [3.05, 3.63) is 32.6 Å². The second-order valence-corrected chi connectivity index (χ2v) is 6.60. The van der Waals surface area contributed by atoms with Crippen LogP contribution in [0.3, 0.4) is 0 Å². The molecule has 144 valence electrons. The number of rotatable bonds is 4. The Morgan fingerprint density at radius 1 is 1.19 bits per heavy atom. The topological polar surface area (TPSA) is 105 Å². The Morgan fingerprint density at radius 3 is 2.15 bits per heavy atom. The molecule has 0 aromatic carbocycles. The summed E-state index contributed by atoms with van der Waals surface area (Å²) in [6.07, 6.45) is -4.79. The van der Waals surface area contributed by atoms with Crippen molar-refractivity contribution < 1.29 is 32.4 Å². The third-order valence-corrected chi connectivity index (χ3v) is 4.34. The van der Waals surface area contributed by atoms with Gasteiger partial charge in [-0.3, -0.25) is 4.79 Å². The number of nitrogens with zero attached hydrogens (tertiary/aromatic N) is 2. The summed E-state index contributed by atoms with van der Waals surface area (Å²) in [6, 6.07) is 0. The van der Waals surface area contributed by atoms with Crippen LogP contribution in [0.15, 0.2) is 4.52 Å². The van der Waals surface area contributed by atoms with Crippen molar-refractivity contribution in [3.63, 3.8) is 0 Å². The minimum atomic E-state index is -5.08. The average molecular weight is 393 g/mol. The van der Waals surface area contributed by atoms with Crippen molar-refractivity contribution in [2.75, 3.05) is 0 Å². The fourth-order valence-corrected chi connectivity index (χ4v) is 2.64. The number of alkyl halides is 3. The van der Waals surface area contributed by atoms with E-state index in [2.05, 4.69) is 15.5 Å². The van der Waals surface area contributed by atoms with E-state index in [1.807, 2.05) is 27.7 Å². The third-order valence-electron chi connectivity index (χ3n) is 3.27. The lowest BCUT2D eigenvalue weighted by atomic mass is 10.1. The molecular weight excluding hydrogens is 375 g/mol. The van der Waals surface area contributed by atoms with Gasteiger partial charge in [0, 0.05) is 10.4 Å². The van der Waals surface area contributed by atoms with E-state index in [0.29, 0.717) is 18.7 Å². The molecule has 2 aromatic rings. The number of carboxylic acids is 1.